The average Bonchev–Trinajstić information content (AvgIpc) is 2.34. The fourth-order valence-corrected chi connectivity index (χ4v) is 6.68. The van der Waals surface area contributed by atoms with Crippen molar-refractivity contribution < 1.29 is 8.85 Å². The molecule has 122 valence electrons. The highest BCUT2D eigenvalue weighted by Crippen LogP contribution is 2.38. The normalized spacial score (nSPS) is 17.1. The van der Waals surface area contributed by atoms with Gasteiger partial charge in [0, 0.05) is 0 Å². The molecule has 2 atom stereocenters. The molecule has 0 amide bonds. The molecule has 0 radical (unpaired) electrons. The second kappa shape index (κ2) is 7.57. The first kappa shape index (κ1) is 20.4. The lowest BCUT2D eigenvalue weighted by molar-refractivity contribution is 0.0602. The Labute approximate surface area is 129 Å². The van der Waals surface area contributed by atoms with Crippen molar-refractivity contribution in [1.29, 1.82) is 0 Å². The van der Waals surface area contributed by atoms with Crippen molar-refractivity contribution in [2.45, 2.75) is 104 Å². The lowest BCUT2D eigenvalue weighted by Gasteiger charge is -2.41. The van der Waals surface area contributed by atoms with Crippen LogP contribution in [-0.4, -0.2) is 28.8 Å². The van der Waals surface area contributed by atoms with Crippen molar-refractivity contribution in [2.24, 2.45) is 0 Å². The summed E-state index contributed by atoms with van der Waals surface area (Å²) in [6, 6.07) is 3.62. The SMILES string of the molecule is CC[Si](CC)(CC)O[C@H](C)[C@H](C)O[Si](C)(C)C(C)(C)C. The molecule has 0 aromatic heterocycles. The summed E-state index contributed by atoms with van der Waals surface area (Å²) in [6.07, 6.45) is 0.392. The molecule has 0 spiro atoms. The predicted octanol–water partition coefficient (Wildman–Crippen LogP) is 5.81. The number of hydrogen-bond donors (Lipinski definition) is 0. The second-order valence-corrected chi connectivity index (χ2v) is 17.1. The minimum absolute atomic E-state index is 0.187. The van der Waals surface area contributed by atoms with Crippen molar-refractivity contribution in [2.75, 3.05) is 0 Å². The number of rotatable bonds is 8. The van der Waals surface area contributed by atoms with Gasteiger partial charge in [-0.05, 0) is 50.1 Å². The van der Waals surface area contributed by atoms with Crippen LogP contribution in [0.2, 0.25) is 36.3 Å². The van der Waals surface area contributed by atoms with E-state index in [1.165, 1.54) is 18.1 Å². The van der Waals surface area contributed by atoms with E-state index in [0.717, 1.165) is 0 Å². The molecule has 2 nitrogen and oxygen atoms in total. The summed E-state index contributed by atoms with van der Waals surface area (Å²) in [5.41, 5.74) is 0. The van der Waals surface area contributed by atoms with Gasteiger partial charge in [-0.2, -0.15) is 0 Å². The molecule has 0 heterocycles. The summed E-state index contributed by atoms with van der Waals surface area (Å²) < 4.78 is 13.0. The van der Waals surface area contributed by atoms with Crippen LogP contribution in [0, 0.1) is 0 Å². The smallest absolute Gasteiger partial charge is 0.192 e. The molecule has 0 aromatic carbocycles. The Balaban J connectivity index is 4.75. The molecule has 0 N–H and O–H groups in total. The molecule has 0 aliphatic carbocycles. The van der Waals surface area contributed by atoms with Gasteiger partial charge in [0.1, 0.15) is 0 Å². The van der Waals surface area contributed by atoms with Crippen LogP contribution >= 0.6 is 0 Å². The van der Waals surface area contributed by atoms with E-state index in [1.807, 2.05) is 0 Å². The van der Waals surface area contributed by atoms with E-state index in [2.05, 4.69) is 68.5 Å². The van der Waals surface area contributed by atoms with Gasteiger partial charge in [0.25, 0.3) is 0 Å². The lowest BCUT2D eigenvalue weighted by Crippen LogP contribution is -2.49. The van der Waals surface area contributed by atoms with Crippen molar-refractivity contribution in [3.05, 3.63) is 0 Å². The first-order chi connectivity index (χ1) is 8.94. The molecule has 0 saturated carbocycles. The summed E-state index contributed by atoms with van der Waals surface area (Å²) >= 11 is 0. The Hall–Kier alpha value is 0.354. The van der Waals surface area contributed by atoms with Gasteiger partial charge in [0.2, 0.25) is 0 Å². The first-order valence-electron chi connectivity index (χ1n) is 8.30. The summed E-state index contributed by atoms with van der Waals surface area (Å²) in [7, 11) is -3.23. The fraction of sp³-hybridized carbons (Fsp3) is 1.00. The third kappa shape index (κ3) is 5.28. The maximum atomic E-state index is 6.54. The van der Waals surface area contributed by atoms with Crippen LogP contribution in [-0.2, 0) is 8.85 Å². The van der Waals surface area contributed by atoms with Gasteiger partial charge in [0.15, 0.2) is 16.6 Å². The molecule has 0 aromatic rings. The van der Waals surface area contributed by atoms with Crippen LogP contribution in [0.5, 0.6) is 0 Å². The fourth-order valence-electron chi connectivity index (χ4n) is 2.23. The summed E-state index contributed by atoms with van der Waals surface area (Å²) in [5, 5.41) is 0.260. The molecule has 4 heteroatoms. The van der Waals surface area contributed by atoms with Crippen LogP contribution in [0.3, 0.4) is 0 Å². The Bertz CT molecular complexity index is 264. The van der Waals surface area contributed by atoms with Gasteiger partial charge >= 0.3 is 0 Å². The van der Waals surface area contributed by atoms with E-state index < -0.39 is 16.6 Å². The minimum atomic E-state index is -1.70. The maximum absolute atomic E-state index is 6.54. The Morgan fingerprint density at radius 2 is 1.15 bits per heavy atom. The standard InChI is InChI=1S/C16H38O2Si2/c1-11-20(12-2,13-3)18-15(5)14(4)17-19(9,10)16(6,7)8/h14-15H,11-13H2,1-10H3/t14-,15+/m0/s1. The second-order valence-electron chi connectivity index (χ2n) is 7.65. The monoisotopic (exact) mass is 318 g/mol. The molecule has 0 aliphatic rings. The minimum Gasteiger partial charge on any atom is -0.412 e. The average molecular weight is 319 g/mol. The van der Waals surface area contributed by atoms with Gasteiger partial charge < -0.3 is 8.85 Å². The zero-order valence-electron chi connectivity index (χ0n) is 15.6. The molecule has 0 rings (SSSR count). The highest BCUT2D eigenvalue weighted by molar-refractivity contribution is 6.74. The lowest BCUT2D eigenvalue weighted by atomic mass is 10.2. The van der Waals surface area contributed by atoms with Crippen molar-refractivity contribution in [3.63, 3.8) is 0 Å². The topological polar surface area (TPSA) is 18.5 Å². The predicted molar refractivity (Wildman–Crippen MR) is 95.5 cm³/mol. The molecule has 20 heavy (non-hydrogen) atoms. The van der Waals surface area contributed by atoms with E-state index in [1.54, 1.807) is 0 Å². The van der Waals surface area contributed by atoms with Crippen molar-refractivity contribution in [1.82, 2.24) is 0 Å². The van der Waals surface area contributed by atoms with Gasteiger partial charge in [-0.3, -0.25) is 0 Å². The zero-order chi connectivity index (χ0) is 16.2. The quantitative estimate of drug-likeness (QED) is 0.526. The number of hydrogen-bond acceptors (Lipinski definition) is 2. The molecule has 0 saturated heterocycles. The first-order valence-corrected chi connectivity index (χ1v) is 13.7. The Kier molecular flexibility index (Phi) is 7.70. The van der Waals surface area contributed by atoms with Gasteiger partial charge in [0.05, 0.1) is 12.2 Å². The van der Waals surface area contributed by atoms with Crippen LogP contribution in [0.1, 0.15) is 55.4 Å². The molecule has 0 aliphatic heterocycles. The summed E-state index contributed by atoms with van der Waals surface area (Å²) in [6.45, 7) is 22.7. The highest BCUT2D eigenvalue weighted by atomic mass is 28.4. The maximum Gasteiger partial charge on any atom is 0.192 e. The van der Waals surface area contributed by atoms with E-state index >= 15 is 0 Å². The van der Waals surface area contributed by atoms with E-state index in [-0.39, 0.29) is 17.2 Å². The largest absolute Gasteiger partial charge is 0.412 e. The Morgan fingerprint density at radius 3 is 1.45 bits per heavy atom. The van der Waals surface area contributed by atoms with Gasteiger partial charge in [-0.1, -0.05) is 41.5 Å². The van der Waals surface area contributed by atoms with Crippen LogP contribution in [0.25, 0.3) is 0 Å². The molecular formula is C16H38O2Si2. The Morgan fingerprint density at radius 1 is 0.800 bits per heavy atom. The van der Waals surface area contributed by atoms with Crippen LogP contribution < -0.4 is 0 Å². The molecule has 0 unspecified atom stereocenters. The van der Waals surface area contributed by atoms with Gasteiger partial charge in [-0.25, -0.2) is 0 Å². The van der Waals surface area contributed by atoms with Gasteiger partial charge in [-0.15, -0.1) is 0 Å². The zero-order valence-corrected chi connectivity index (χ0v) is 17.6. The van der Waals surface area contributed by atoms with Crippen molar-refractivity contribution >= 4 is 16.6 Å². The third-order valence-corrected chi connectivity index (χ3v) is 14.6. The highest BCUT2D eigenvalue weighted by Gasteiger charge is 2.40. The summed E-state index contributed by atoms with van der Waals surface area (Å²) in [5.74, 6) is 0. The van der Waals surface area contributed by atoms with E-state index in [9.17, 15) is 0 Å². The third-order valence-electron chi connectivity index (χ3n) is 5.32. The van der Waals surface area contributed by atoms with Crippen molar-refractivity contribution in [3.8, 4) is 0 Å². The van der Waals surface area contributed by atoms with Crippen LogP contribution in [0.4, 0.5) is 0 Å². The molecule has 0 bridgehead atoms. The molecule has 0 fully saturated rings. The summed E-state index contributed by atoms with van der Waals surface area (Å²) in [4.78, 5) is 0. The van der Waals surface area contributed by atoms with E-state index in [4.69, 9.17) is 8.85 Å². The van der Waals surface area contributed by atoms with Crippen LogP contribution in [0.15, 0.2) is 0 Å². The molecular weight excluding hydrogens is 280 g/mol. The van der Waals surface area contributed by atoms with E-state index in [0.29, 0.717) is 0 Å².